The van der Waals surface area contributed by atoms with Crippen LogP contribution >= 0.6 is 0 Å². The zero-order chi connectivity index (χ0) is 12.1. The van der Waals surface area contributed by atoms with Crippen LogP contribution in [0.2, 0.25) is 0 Å². The number of carbonyl (C=O) groups is 1. The Hall–Kier alpha value is -0.610. The second kappa shape index (κ2) is 6.36. The second-order valence-corrected chi connectivity index (χ2v) is 5.15. The number of likely N-dealkylation sites (tertiary alicyclic amines) is 1. The van der Waals surface area contributed by atoms with Gasteiger partial charge in [-0.1, -0.05) is 6.92 Å². The van der Waals surface area contributed by atoms with Gasteiger partial charge < -0.3 is 10.2 Å². The maximum atomic E-state index is 12.2. The summed E-state index contributed by atoms with van der Waals surface area (Å²) < 4.78 is 0. The van der Waals surface area contributed by atoms with Crippen molar-refractivity contribution in [3.05, 3.63) is 0 Å². The highest BCUT2D eigenvalue weighted by atomic mass is 16.2. The molecule has 0 aromatic heterocycles. The summed E-state index contributed by atoms with van der Waals surface area (Å²) in [6, 6.07) is 0.564. The van der Waals surface area contributed by atoms with Gasteiger partial charge in [-0.3, -0.25) is 9.69 Å². The van der Waals surface area contributed by atoms with Crippen LogP contribution in [0.3, 0.4) is 0 Å². The highest BCUT2D eigenvalue weighted by molar-refractivity contribution is 5.78. The van der Waals surface area contributed by atoms with Crippen molar-refractivity contribution in [2.45, 2.75) is 38.6 Å². The minimum Gasteiger partial charge on any atom is -0.342 e. The molecule has 0 spiro atoms. The van der Waals surface area contributed by atoms with E-state index in [2.05, 4.69) is 22.0 Å². The highest BCUT2D eigenvalue weighted by Crippen LogP contribution is 2.12. The van der Waals surface area contributed by atoms with Crippen LogP contribution in [0.5, 0.6) is 0 Å². The van der Waals surface area contributed by atoms with E-state index in [1.54, 1.807) is 0 Å². The van der Waals surface area contributed by atoms with Crippen LogP contribution in [0, 0.1) is 0 Å². The highest BCUT2D eigenvalue weighted by Gasteiger charge is 2.25. The van der Waals surface area contributed by atoms with E-state index in [1.165, 1.54) is 25.7 Å². The fraction of sp³-hybridized carbons (Fsp3) is 0.923. The average Bonchev–Trinajstić information content (AvgIpc) is 2.90. The molecule has 4 nitrogen and oxygen atoms in total. The first-order valence-electron chi connectivity index (χ1n) is 7.04. The Morgan fingerprint density at radius 2 is 2.12 bits per heavy atom. The number of carbonyl (C=O) groups excluding carboxylic acids is 1. The predicted octanol–water partition coefficient (Wildman–Crippen LogP) is 0.683. The molecule has 2 saturated heterocycles. The van der Waals surface area contributed by atoms with E-state index in [9.17, 15) is 4.79 Å². The molecule has 0 bridgehead atoms. The van der Waals surface area contributed by atoms with Gasteiger partial charge in [0.1, 0.15) is 0 Å². The lowest BCUT2D eigenvalue weighted by Crippen LogP contribution is -2.46. The fourth-order valence-corrected chi connectivity index (χ4v) is 2.87. The molecule has 2 rings (SSSR count). The Bertz CT molecular complexity index is 245. The number of hydrogen-bond donors (Lipinski definition) is 1. The van der Waals surface area contributed by atoms with E-state index >= 15 is 0 Å². The lowest BCUT2D eigenvalue weighted by Gasteiger charge is -2.31. The van der Waals surface area contributed by atoms with Gasteiger partial charge in [0.05, 0.1) is 6.54 Å². The maximum Gasteiger partial charge on any atom is 0.236 e. The van der Waals surface area contributed by atoms with Crippen LogP contribution in [0.25, 0.3) is 0 Å². The molecule has 1 amide bonds. The van der Waals surface area contributed by atoms with E-state index in [0.717, 1.165) is 32.7 Å². The molecule has 0 radical (unpaired) electrons. The van der Waals surface area contributed by atoms with E-state index in [1.807, 2.05) is 0 Å². The van der Waals surface area contributed by atoms with Gasteiger partial charge in [0, 0.05) is 25.7 Å². The van der Waals surface area contributed by atoms with Crippen LogP contribution in [-0.4, -0.2) is 61.0 Å². The molecule has 4 heteroatoms. The molecule has 2 aliphatic rings. The van der Waals surface area contributed by atoms with Gasteiger partial charge >= 0.3 is 0 Å². The molecule has 1 atom stereocenters. The summed E-state index contributed by atoms with van der Waals surface area (Å²) in [5.41, 5.74) is 0. The summed E-state index contributed by atoms with van der Waals surface area (Å²) in [5, 5.41) is 3.37. The van der Waals surface area contributed by atoms with Crippen molar-refractivity contribution < 1.29 is 4.79 Å². The largest absolute Gasteiger partial charge is 0.342 e. The third kappa shape index (κ3) is 3.42. The van der Waals surface area contributed by atoms with Gasteiger partial charge in [-0.15, -0.1) is 0 Å². The standard InChI is InChI=1S/C13H25N3O/c1-2-15(12-6-7-14-10-12)11-13(17)16-8-4-3-5-9-16/h12,14H,2-11H2,1H3. The van der Waals surface area contributed by atoms with Crippen LogP contribution < -0.4 is 5.32 Å². The summed E-state index contributed by atoms with van der Waals surface area (Å²) >= 11 is 0. The van der Waals surface area contributed by atoms with Crippen LogP contribution in [0.4, 0.5) is 0 Å². The number of hydrogen-bond acceptors (Lipinski definition) is 3. The maximum absolute atomic E-state index is 12.2. The summed E-state index contributed by atoms with van der Waals surface area (Å²) in [6.07, 6.45) is 4.83. The van der Waals surface area contributed by atoms with Crippen molar-refractivity contribution in [1.82, 2.24) is 15.1 Å². The predicted molar refractivity (Wildman–Crippen MR) is 69.0 cm³/mol. The monoisotopic (exact) mass is 239 g/mol. The van der Waals surface area contributed by atoms with Gasteiger partial charge in [-0.25, -0.2) is 0 Å². The number of rotatable bonds is 4. The number of piperidine rings is 1. The van der Waals surface area contributed by atoms with Gasteiger partial charge in [-0.2, -0.15) is 0 Å². The van der Waals surface area contributed by atoms with Crippen molar-refractivity contribution in [3.63, 3.8) is 0 Å². The third-order valence-electron chi connectivity index (χ3n) is 4.00. The fourth-order valence-electron chi connectivity index (χ4n) is 2.87. The summed E-state index contributed by atoms with van der Waals surface area (Å²) in [4.78, 5) is 16.6. The van der Waals surface area contributed by atoms with Crippen molar-refractivity contribution in [2.75, 3.05) is 39.3 Å². The van der Waals surface area contributed by atoms with Crippen molar-refractivity contribution >= 4 is 5.91 Å². The van der Waals surface area contributed by atoms with Gasteiger partial charge in [0.15, 0.2) is 0 Å². The SMILES string of the molecule is CCN(CC(=O)N1CCCCC1)C1CCNC1. The number of likely N-dealkylation sites (N-methyl/N-ethyl adjacent to an activating group) is 1. The van der Waals surface area contributed by atoms with Gasteiger partial charge in [0.2, 0.25) is 5.91 Å². The molecule has 0 saturated carbocycles. The minimum atomic E-state index is 0.332. The Morgan fingerprint density at radius 3 is 2.71 bits per heavy atom. The quantitative estimate of drug-likeness (QED) is 0.784. The average molecular weight is 239 g/mol. The minimum absolute atomic E-state index is 0.332. The van der Waals surface area contributed by atoms with Crippen LogP contribution in [0.1, 0.15) is 32.6 Å². The van der Waals surface area contributed by atoms with E-state index < -0.39 is 0 Å². The van der Waals surface area contributed by atoms with Gasteiger partial charge in [0.25, 0.3) is 0 Å². The number of nitrogens with zero attached hydrogens (tertiary/aromatic N) is 2. The zero-order valence-corrected chi connectivity index (χ0v) is 11.0. The molecule has 1 N–H and O–H groups in total. The van der Waals surface area contributed by atoms with Crippen molar-refractivity contribution in [3.8, 4) is 0 Å². The molecular weight excluding hydrogens is 214 g/mol. The lowest BCUT2D eigenvalue weighted by atomic mass is 10.1. The first-order chi connectivity index (χ1) is 8.31. The molecule has 17 heavy (non-hydrogen) atoms. The normalized spacial score (nSPS) is 25.5. The third-order valence-corrected chi connectivity index (χ3v) is 4.00. The molecule has 0 aliphatic carbocycles. The second-order valence-electron chi connectivity index (χ2n) is 5.15. The molecule has 98 valence electrons. The van der Waals surface area contributed by atoms with Crippen molar-refractivity contribution in [1.29, 1.82) is 0 Å². The van der Waals surface area contributed by atoms with E-state index in [4.69, 9.17) is 0 Å². The zero-order valence-electron chi connectivity index (χ0n) is 11.0. The Kier molecular flexibility index (Phi) is 4.80. The van der Waals surface area contributed by atoms with Crippen LogP contribution in [0.15, 0.2) is 0 Å². The number of amides is 1. The molecule has 2 heterocycles. The molecule has 0 aromatic rings. The Morgan fingerprint density at radius 1 is 1.35 bits per heavy atom. The Balaban J connectivity index is 1.82. The summed E-state index contributed by atoms with van der Waals surface area (Å²) in [6.45, 7) is 7.83. The van der Waals surface area contributed by atoms with E-state index in [-0.39, 0.29) is 0 Å². The molecule has 1 unspecified atom stereocenters. The lowest BCUT2D eigenvalue weighted by molar-refractivity contribution is -0.133. The molecule has 2 fully saturated rings. The van der Waals surface area contributed by atoms with Gasteiger partial charge in [-0.05, 0) is 38.8 Å². The summed E-state index contributed by atoms with van der Waals surface area (Å²) in [5.74, 6) is 0.332. The van der Waals surface area contributed by atoms with Crippen LogP contribution in [-0.2, 0) is 4.79 Å². The van der Waals surface area contributed by atoms with E-state index in [0.29, 0.717) is 18.5 Å². The molecular formula is C13H25N3O. The Labute approximate surface area is 104 Å². The van der Waals surface area contributed by atoms with Crippen molar-refractivity contribution in [2.24, 2.45) is 0 Å². The molecule has 0 aromatic carbocycles. The molecule has 2 aliphatic heterocycles. The first kappa shape index (κ1) is 12.8. The smallest absolute Gasteiger partial charge is 0.236 e. The number of nitrogens with one attached hydrogen (secondary N) is 1. The topological polar surface area (TPSA) is 35.6 Å². The summed E-state index contributed by atoms with van der Waals surface area (Å²) in [7, 11) is 0. The first-order valence-corrected chi connectivity index (χ1v) is 7.04.